The molecule has 2 aromatic carbocycles. The summed E-state index contributed by atoms with van der Waals surface area (Å²) in [5.41, 5.74) is 0.789. The van der Waals surface area contributed by atoms with E-state index in [0.717, 1.165) is 4.90 Å². The molecule has 0 aromatic heterocycles. The van der Waals surface area contributed by atoms with Gasteiger partial charge in [-0.3, -0.25) is 9.59 Å². The number of imide groups is 1. The fraction of sp³-hybridized carbons (Fsp3) is 0.200. The molecule has 6 heteroatoms. The molecular formula is C20H19NO5. The maximum Gasteiger partial charge on any atom is 0.301 e. The first-order valence-electron chi connectivity index (χ1n) is 8.15. The van der Waals surface area contributed by atoms with Gasteiger partial charge in [0.1, 0.15) is 11.5 Å². The number of rotatable bonds is 5. The molecule has 1 aliphatic heterocycles. The highest BCUT2D eigenvalue weighted by molar-refractivity contribution is 6.44. The molecule has 2 amide bonds. The lowest BCUT2D eigenvalue weighted by atomic mass is 10.1. The second-order valence-corrected chi connectivity index (χ2v) is 6.06. The van der Waals surface area contributed by atoms with Gasteiger partial charge < -0.3 is 14.6 Å². The molecule has 0 radical (unpaired) electrons. The van der Waals surface area contributed by atoms with Crippen molar-refractivity contribution in [1.29, 1.82) is 0 Å². The van der Waals surface area contributed by atoms with E-state index in [2.05, 4.69) is 0 Å². The van der Waals surface area contributed by atoms with Crippen LogP contribution < -0.4 is 14.4 Å². The summed E-state index contributed by atoms with van der Waals surface area (Å²) in [6.07, 6.45) is 0.0220. The van der Waals surface area contributed by atoms with Crippen LogP contribution in [0, 0.1) is 0 Å². The van der Waals surface area contributed by atoms with Crippen molar-refractivity contribution in [3.63, 3.8) is 0 Å². The minimum absolute atomic E-state index is 0.0220. The number of ether oxygens (including phenoxy) is 2. The van der Waals surface area contributed by atoms with E-state index in [0.29, 0.717) is 22.7 Å². The fourth-order valence-electron chi connectivity index (χ4n) is 2.72. The summed E-state index contributed by atoms with van der Waals surface area (Å²) in [4.78, 5) is 26.1. The van der Waals surface area contributed by atoms with Crippen molar-refractivity contribution in [3.05, 3.63) is 59.9 Å². The van der Waals surface area contributed by atoms with Gasteiger partial charge in [0.2, 0.25) is 0 Å². The van der Waals surface area contributed by atoms with Gasteiger partial charge in [-0.15, -0.1) is 0 Å². The van der Waals surface area contributed by atoms with Gasteiger partial charge in [-0.2, -0.15) is 0 Å². The summed E-state index contributed by atoms with van der Waals surface area (Å²) >= 11 is 0. The number of carbonyl (C=O) groups excluding carboxylic acids is 2. The minimum Gasteiger partial charge on any atom is -0.502 e. The summed E-state index contributed by atoms with van der Waals surface area (Å²) in [5.74, 6) is -0.644. The number of methoxy groups -OCH3 is 1. The highest BCUT2D eigenvalue weighted by atomic mass is 16.5. The largest absolute Gasteiger partial charge is 0.502 e. The molecule has 6 nitrogen and oxygen atoms in total. The van der Waals surface area contributed by atoms with Gasteiger partial charge in [-0.25, -0.2) is 4.90 Å². The van der Waals surface area contributed by atoms with Crippen molar-refractivity contribution < 1.29 is 24.2 Å². The average Bonchev–Trinajstić information content (AvgIpc) is 2.85. The standard InChI is InChI=1S/C20H19NO5/c1-12(2)26-16-8-4-13(5-9-16)17-18(22)20(24)21(19(17)23)14-6-10-15(25-3)11-7-14/h4-12,22H,1-3H3. The lowest BCUT2D eigenvalue weighted by Gasteiger charge is -2.15. The number of nitrogens with zero attached hydrogens (tertiary/aromatic N) is 1. The number of anilines is 1. The molecule has 1 heterocycles. The SMILES string of the molecule is COc1ccc(N2C(=O)C(O)=C(c3ccc(OC(C)C)cc3)C2=O)cc1. The van der Waals surface area contributed by atoms with E-state index >= 15 is 0 Å². The Labute approximate surface area is 151 Å². The Bertz CT molecular complexity index is 866. The maximum atomic E-state index is 12.8. The second-order valence-electron chi connectivity index (χ2n) is 6.06. The van der Waals surface area contributed by atoms with E-state index in [-0.39, 0.29) is 11.7 Å². The van der Waals surface area contributed by atoms with E-state index in [9.17, 15) is 14.7 Å². The van der Waals surface area contributed by atoms with Crippen LogP contribution in [0.5, 0.6) is 11.5 Å². The molecule has 0 saturated heterocycles. The van der Waals surface area contributed by atoms with Crippen LogP contribution in [0.25, 0.3) is 5.57 Å². The zero-order valence-electron chi connectivity index (χ0n) is 14.7. The molecule has 0 saturated carbocycles. The Hall–Kier alpha value is -3.28. The van der Waals surface area contributed by atoms with Gasteiger partial charge in [0, 0.05) is 0 Å². The molecule has 3 rings (SSSR count). The molecule has 0 spiro atoms. The van der Waals surface area contributed by atoms with E-state index in [1.165, 1.54) is 7.11 Å². The van der Waals surface area contributed by atoms with Crippen LogP contribution in [0.4, 0.5) is 5.69 Å². The van der Waals surface area contributed by atoms with Gasteiger partial charge in [-0.05, 0) is 55.8 Å². The van der Waals surface area contributed by atoms with Crippen LogP contribution in [-0.4, -0.2) is 30.1 Å². The number of carbonyl (C=O) groups is 2. The Balaban J connectivity index is 1.90. The molecule has 1 aliphatic rings. The Kier molecular flexibility index (Phi) is 4.67. The van der Waals surface area contributed by atoms with Gasteiger partial charge in [-0.1, -0.05) is 12.1 Å². The lowest BCUT2D eigenvalue weighted by molar-refractivity contribution is -0.121. The Morgan fingerprint density at radius 3 is 2.00 bits per heavy atom. The normalized spacial score (nSPS) is 14.4. The third-order valence-corrected chi connectivity index (χ3v) is 3.90. The summed E-state index contributed by atoms with van der Waals surface area (Å²) in [5, 5.41) is 10.2. The molecular weight excluding hydrogens is 334 g/mol. The predicted molar refractivity (Wildman–Crippen MR) is 97.2 cm³/mol. The Morgan fingerprint density at radius 2 is 1.46 bits per heavy atom. The van der Waals surface area contributed by atoms with Crippen LogP contribution >= 0.6 is 0 Å². The zero-order chi connectivity index (χ0) is 18.8. The number of aliphatic hydroxyl groups excluding tert-OH is 1. The molecule has 0 bridgehead atoms. The molecule has 0 atom stereocenters. The third kappa shape index (κ3) is 3.13. The van der Waals surface area contributed by atoms with Crippen molar-refractivity contribution >= 4 is 23.1 Å². The van der Waals surface area contributed by atoms with E-state index in [4.69, 9.17) is 9.47 Å². The quantitative estimate of drug-likeness (QED) is 0.835. The van der Waals surface area contributed by atoms with Crippen LogP contribution in [-0.2, 0) is 9.59 Å². The molecule has 0 aliphatic carbocycles. The van der Waals surface area contributed by atoms with Gasteiger partial charge in [0.15, 0.2) is 5.76 Å². The van der Waals surface area contributed by atoms with E-state index in [1.807, 2.05) is 13.8 Å². The number of hydrogen-bond acceptors (Lipinski definition) is 5. The Morgan fingerprint density at radius 1 is 0.885 bits per heavy atom. The van der Waals surface area contributed by atoms with Crippen LogP contribution in [0.2, 0.25) is 0 Å². The van der Waals surface area contributed by atoms with Crippen LogP contribution in [0.15, 0.2) is 54.3 Å². The van der Waals surface area contributed by atoms with Crippen molar-refractivity contribution in [2.24, 2.45) is 0 Å². The molecule has 0 unspecified atom stereocenters. The minimum atomic E-state index is -0.752. The first-order chi connectivity index (χ1) is 12.4. The molecule has 26 heavy (non-hydrogen) atoms. The average molecular weight is 353 g/mol. The van der Waals surface area contributed by atoms with Crippen LogP contribution in [0.3, 0.4) is 0 Å². The number of amides is 2. The fourth-order valence-corrected chi connectivity index (χ4v) is 2.72. The number of aliphatic hydroxyl groups is 1. The number of benzene rings is 2. The first-order valence-corrected chi connectivity index (χ1v) is 8.15. The number of hydrogen-bond donors (Lipinski definition) is 1. The lowest BCUT2D eigenvalue weighted by Crippen LogP contribution is -2.31. The highest BCUT2D eigenvalue weighted by Gasteiger charge is 2.40. The van der Waals surface area contributed by atoms with Crippen molar-refractivity contribution in [3.8, 4) is 11.5 Å². The molecule has 0 fully saturated rings. The maximum absolute atomic E-state index is 12.8. The predicted octanol–water partition coefficient (Wildman–Crippen LogP) is 3.32. The zero-order valence-corrected chi connectivity index (χ0v) is 14.7. The molecule has 2 aromatic rings. The van der Waals surface area contributed by atoms with Gasteiger partial charge >= 0.3 is 5.91 Å². The summed E-state index contributed by atoms with van der Waals surface area (Å²) in [6, 6.07) is 13.1. The van der Waals surface area contributed by atoms with Gasteiger partial charge in [0.05, 0.1) is 24.5 Å². The van der Waals surface area contributed by atoms with Crippen molar-refractivity contribution in [1.82, 2.24) is 0 Å². The van der Waals surface area contributed by atoms with Crippen molar-refractivity contribution in [2.75, 3.05) is 12.0 Å². The summed E-state index contributed by atoms with van der Waals surface area (Å²) < 4.78 is 10.6. The smallest absolute Gasteiger partial charge is 0.301 e. The third-order valence-electron chi connectivity index (χ3n) is 3.90. The van der Waals surface area contributed by atoms with Crippen LogP contribution in [0.1, 0.15) is 19.4 Å². The highest BCUT2D eigenvalue weighted by Crippen LogP contribution is 2.33. The summed E-state index contributed by atoms with van der Waals surface area (Å²) in [6.45, 7) is 3.82. The first kappa shape index (κ1) is 17.5. The van der Waals surface area contributed by atoms with E-state index < -0.39 is 17.6 Å². The summed E-state index contributed by atoms with van der Waals surface area (Å²) in [7, 11) is 1.53. The molecule has 134 valence electrons. The monoisotopic (exact) mass is 353 g/mol. The topological polar surface area (TPSA) is 76.1 Å². The molecule has 1 N–H and O–H groups in total. The second kappa shape index (κ2) is 6.92. The van der Waals surface area contributed by atoms with E-state index in [1.54, 1.807) is 48.5 Å². The van der Waals surface area contributed by atoms with Gasteiger partial charge in [0.25, 0.3) is 5.91 Å². The van der Waals surface area contributed by atoms with Crippen molar-refractivity contribution in [2.45, 2.75) is 20.0 Å².